The van der Waals surface area contributed by atoms with Gasteiger partial charge in [-0.1, -0.05) is 30.3 Å². The van der Waals surface area contributed by atoms with Crippen molar-refractivity contribution in [2.75, 3.05) is 18.1 Å². The molecule has 0 unspecified atom stereocenters. The number of ether oxygens (including phenoxy) is 2. The highest BCUT2D eigenvalue weighted by Gasteiger charge is 2.36. The van der Waals surface area contributed by atoms with E-state index in [1.54, 1.807) is 48.5 Å². The van der Waals surface area contributed by atoms with E-state index in [0.717, 1.165) is 16.2 Å². The molecule has 6 nitrogen and oxygen atoms in total. The van der Waals surface area contributed by atoms with Crippen LogP contribution in [-0.4, -0.2) is 36.2 Å². The molecule has 3 aromatic rings. The molecule has 152 valence electrons. The molecule has 1 aliphatic heterocycles. The van der Waals surface area contributed by atoms with Crippen LogP contribution in [0.2, 0.25) is 0 Å². The second-order valence-corrected chi connectivity index (χ2v) is 7.03. The minimum Gasteiger partial charge on any atom is -0.491 e. The van der Waals surface area contributed by atoms with E-state index >= 15 is 0 Å². The van der Waals surface area contributed by atoms with Gasteiger partial charge in [0.05, 0.1) is 16.8 Å². The van der Waals surface area contributed by atoms with Crippen LogP contribution >= 0.6 is 0 Å². The summed E-state index contributed by atoms with van der Waals surface area (Å²) in [5, 5.41) is 10.1. The fraction of sp³-hybridized carbons (Fsp3) is 0.167. The summed E-state index contributed by atoms with van der Waals surface area (Å²) >= 11 is 0. The maximum Gasteiger partial charge on any atom is 0.266 e. The molecule has 0 fully saturated rings. The maximum absolute atomic E-state index is 12.5. The molecule has 0 bridgehead atoms. The molecule has 1 heterocycles. The lowest BCUT2D eigenvalue weighted by atomic mass is 10.1. The van der Waals surface area contributed by atoms with Crippen LogP contribution in [-0.2, 0) is 0 Å². The second-order valence-electron chi connectivity index (χ2n) is 7.03. The Morgan fingerprint density at radius 2 is 1.37 bits per heavy atom. The Hall–Kier alpha value is -3.64. The quantitative estimate of drug-likeness (QED) is 0.610. The lowest BCUT2D eigenvalue weighted by Gasteiger charge is -2.16. The number of hydrogen-bond donors (Lipinski definition) is 1. The topological polar surface area (TPSA) is 76.1 Å². The second kappa shape index (κ2) is 8.39. The van der Waals surface area contributed by atoms with E-state index < -0.39 is 6.10 Å². The highest BCUT2D eigenvalue weighted by atomic mass is 16.5. The number of aliphatic hydroxyl groups is 1. The van der Waals surface area contributed by atoms with Gasteiger partial charge in [-0.25, -0.2) is 4.90 Å². The molecule has 1 atom stereocenters. The fourth-order valence-corrected chi connectivity index (χ4v) is 3.26. The first-order chi connectivity index (χ1) is 14.5. The molecule has 0 spiro atoms. The van der Waals surface area contributed by atoms with Crippen molar-refractivity contribution in [2.24, 2.45) is 0 Å². The normalized spacial score (nSPS) is 13.9. The van der Waals surface area contributed by atoms with Gasteiger partial charge >= 0.3 is 0 Å². The molecular weight excluding hydrogens is 382 g/mol. The summed E-state index contributed by atoms with van der Waals surface area (Å²) in [5.74, 6) is 0.563. The van der Waals surface area contributed by atoms with E-state index in [-0.39, 0.29) is 25.0 Å². The van der Waals surface area contributed by atoms with Crippen LogP contribution in [0, 0.1) is 6.92 Å². The molecule has 3 aromatic carbocycles. The van der Waals surface area contributed by atoms with E-state index in [1.807, 2.05) is 31.2 Å². The van der Waals surface area contributed by atoms with Crippen LogP contribution in [0.15, 0.2) is 72.8 Å². The number of rotatable bonds is 7. The van der Waals surface area contributed by atoms with Gasteiger partial charge in [-0.15, -0.1) is 0 Å². The highest BCUT2D eigenvalue weighted by Crippen LogP contribution is 2.29. The van der Waals surface area contributed by atoms with Gasteiger partial charge in [-0.3, -0.25) is 9.59 Å². The van der Waals surface area contributed by atoms with Gasteiger partial charge in [0.25, 0.3) is 11.8 Å². The number of benzene rings is 3. The van der Waals surface area contributed by atoms with Crippen LogP contribution in [0.5, 0.6) is 11.5 Å². The highest BCUT2D eigenvalue weighted by molar-refractivity contribution is 6.34. The number of aliphatic hydroxyl groups excluding tert-OH is 1. The minimum atomic E-state index is -0.805. The summed E-state index contributed by atoms with van der Waals surface area (Å²) in [7, 11) is 0. The number of nitrogens with zero attached hydrogens (tertiary/aromatic N) is 1. The zero-order chi connectivity index (χ0) is 21.1. The number of anilines is 1. The number of aryl methyl sites for hydroxylation is 1. The first-order valence-electron chi connectivity index (χ1n) is 9.62. The molecule has 0 aliphatic carbocycles. The Kier molecular flexibility index (Phi) is 5.50. The van der Waals surface area contributed by atoms with Gasteiger partial charge < -0.3 is 14.6 Å². The molecule has 0 saturated carbocycles. The zero-order valence-electron chi connectivity index (χ0n) is 16.4. The van der Waals surface area contributed by atoms with Crippen molar-refractivity contribution >= 4 is 17.5 Å². The summed E-state index contributed by atoms with van der Waals surface area (Å²) in [6, 6.07) is 21.0. The van der Waals surface area contributed by atoms with Crippen molar-refractivity contribution in [3.63, 3.8) is 0 Å². The van der Waals surface area contributed by atoms with Gasteiger partial charge in [-0.05, 0) is 55.0 Å². The third kappa shape index (κ3) is 3.90. The average molecular weight is 403 g/mol. The lowest BCUT2D eigenvalue weighted by Crippen LogP contribution is -2.29. The van der Waals surface area contributed by atoms with Crippen molar-refractivity contribution in [3.05, 3.63) is 89.5 Å². The van der Waals surface area contributed by atoms with Crippen molar-refractivity contribution in [1.82, 2.24) is 0 Å². The smallest absolute Gasteiger partial charge is 0.266 e. The average Bonchev–Trinajstić information content (AvgIpc) is 3.02. The molecule has 6 heteroatoms. The van der Waals surface area contributed by atoms with Gasteiger partial charge in [0.2, 0.25) is 0 Å². The molecule has 1 aliphatic rings. The Bertz CT molecular complexity index is 1040. The van der Waals surface area contributed by atoms with Crippen molar-refractivity contribution in [2.45, 2.75) is 13.0 Å². The van der Waals surface area contributed by atoms with Gasteiger partial charge in [-0.2, -0.15) is 0 Å². The molecule has 0 saturated heterocycles. The number of imide groups is 1. The number of carbonyl (C=O) groups excluding carboxylic acids is 2. The summed E-state index contributed by atoms with van der Waals surface area (Å²) in [6.07, 6.45) is -0.805. The van der Waals surface area contributed by atoms with Crippen molar-refractivity contribution < 1.29 is 24.2 Å². The van der Waals surface area contributed by atoms with Crippen LogP contribution in [0.1, 0.15) is 26.3 Å². The number of para-hydroxylation sites is 1. The zero-order valence-corrected chi connectivity index (χ0v) is 16.4. The molecule has 0 aromatic heterocycles. The molecule has 4 rings (SSSR count). The number of amides is 2. The largest absolute Gasteiger partial charge is 0.491 e. The summed E-state index contributed by atoms with van der Waals surface area (Å²) < 4.78 is 11.2. The van der Waals surface area contributed by atoms with Gasteiger partial charge in [0.1, 0.15) is 30.8 Å². The van der Waals surface area contributed by atoms with E-state index in [1.165, 1.54) is 0 Å². The predicted molar refractivity (Wildman–Crippen MR) is 112 cm³/mol. The van der Waals surface area contributed by atoms with E-state index in [0.29, 0.717) is 22.6 Å². The molecule has 1 N–H and O–H groups in total. The maximum atomic E-state index is 12.5. The molecule has 2 amide bonds. The summed E-state index contributed by atoms with van der Waals surface area (Å²) in [5.41, 5.74) is 2.27. The van der Waals surface area contributed by atoms with Crippen LogP contribution in [0.3, 0.4) is 0 Å². The molecule has 30 heavy (non-hydrogen) atoms. The summed E-state index contributed by atoms with van der Waals surface area (Å²) in [6.45, 7) is 2.10. The minimum absolute atomic E-state index is 0.0538. The van der Waals surface area contributed by atoms with E-state index in [2.05, 4.69) is 0 Å². The number of hydrogen-bond acceptors (Lipinski definition) is 5. The third-order valence-corrected chi connectivity index (χ3v) is 4.86. The van der Waals surface area contributed by atoms with E-state index in [4.69, 9.17) is 9.47 Å². The van der Waals surface area contributed by atoms with Crippen LogP contribution < -0.4 is 14.4 Å². The van der Waals surface area contributed by atoms with E-state index in [9.17, 15) is 14.7 Å². The Morgan fingerprint density at radius 3 is 2.00 bits per heavy atom. The van der Waals surface area contributed by atoms with Crippen molar-refractivity contribution in [1.29, 1.82) is 0 Å². The third-order valence-electron chi connectivity index (χ3n) is 4.86. The fourth-order valence-electron chi connectivity index (χ4n) is 3.26. The van der Waals surface area contributed by atoms with Gasteiger partial charge in [0.15, 0.2) is 0 Å². The first-order valence-corrected chi connectivity index (χ1v) is 9.62. The van der Waals surface area contributed by atoms with Crippen LogP contribution in [0.4, 0.5) is 5.69 Å². The first kappa shape index (κ1) is 19.7. The Labute approximate surface area is 174 Å². The molecule has 0 radical (unpaired) electrons. The lowest BCUT2D eigenvalue weighted by molar-refractivity contribution is 0.0624. The molecular formula is C24H21NO5. The number of carbonyl (C=O) groups is 2. The summed E-state index contributed by atoms with van der Waals surface area (Å²) in [4.78, 5) is 26.2. The van der Waals surface area contributed by atoms with Crippen LogP contribution in [0.25, 0.3) is 0 Å². The standard InChI is InChI=1S/C24H21NO5/c1-16-6-2-5-9-22(16)30-15-18(26)14-29-19-12-10-17(11-13-19)25-23(27)20-7-3-4-8-21(20)24(25)28/h2-13,18,26H,14-15H2,1H3/t18-/m0/s1. The monoisotopic (exact) mass is 403 g/mol. The SMILES string of the molecule is Cc1ccccc1OC[C@@H](O)COc1ccc(N2C(=O)c3ccccc3C2=O)cc1. The number of fused-ring (bicyclic) bond motifs is 1. The Morgan fingerprint density at radius 1 is 0.800 bits per heavy atom. The predicted octanol–water partition coefficient (Wildman–Crippen LogP) is 3.61. The van der Waals surface area contributed by atoms with Crippen molar-refractivity contribution in [3.8, 4) is 11.5 Å². The Balaban J connectivity index is 1.34. The van der Waals surface area contributed by atoms with Gasteiger partial charge in [0, 0.05) is 0 Å².